The van der Waals surface area contributed by atoms with Gasteiger partial charge in [-0.3, -0.25) is 0 Å². The normalized spacial score (nSPS) is 28.8. The summed E-state index contributed by atoms with van der Waals surface area (Å²) in [5.74, 6) is 0.821. The maximum Gasteiger partial charge on any atom is 0.126 e. The van der Waals surface area contributed by atoms with Crippen molar-refractivity contribution < 1.29 is 4.39 Å². The van der Waals surface area contributed by atoms with E-state index < -0.39 is 5.67 Å². The van der Waals surface area contributed by atoms with Crippen LogP contribution in [0.4, 0.5) is 4.39 Å². The van der Waals surface area contributed by atoms with Gasteiger partial charge in [0.05, 0.1) is 0 Å². The monoisotopic (exact) mass is 338 g/mol. The fourth-order valence-corrected chi connectivity index (χ4v) is 5.76. The fraction of sp³-hybridized carbons (Fsp3) is 1.00. The second-order valence-corrected chi connectivity index (χ2v) is 9.80. The summed E-state index contributed by atoms with van der Waals surface area (Å²) < 4.78 is 15.4. The first-order chi connectivity index (χ1) is 11.3. The maximum absolute atomic E-state index is 15.4. The first kappa shape index (κ1) is 18.6. The third-order valence-corrected chi connectivity index (χ3v) is 7.10. The minimum Gasteiger partial charge on any atom is -0.311 e. The molecule has 0 bridgehead atoms. The first-order valence-electron chi connectivity index (χ1n) is 10.5. The van der Waals surface area contributed by atoms with Gasteiger partial charge in [-0.15, -0.1) is 0 Å². The van der Waals surface area contributed by atoms with Gasteiger partial charge in [0.15, 0.2) is 0 Å². The van der Waals surface area contributed by atoms with Crippen LogP contribution in [0.2, 0.25) is 0 Å². The molecule has 1 atom stereocenters. The van der Waals surface area contributed by atoms with Crippen LogP contribution in [0, 0.1) is 16.7 Å². The third kappa shape index (κ3) is 3.82. The molecule has 0 aromatic heterocycles. The minimum atomic E-state index is -0.966. The number of nitrogens with one attached hydrogen (secondary N) is 1. The van der Waals surface area contributed by atoms with Gasteiger partial charge in [0, 0.05) is 25.7 Å². The molecule has 3 heteroatoms. The van der Waals surface area contributed by atoms with E-state index in [1.165, 1.54) is 38.9 Å². The molecule has 1 spiro atoms. The Balaban J connectivity index is 1.46. The predicted molar refractivity (Wildman–Crippen MR) is 100 cm³/mol. The molecule has 1 heterocycles. The summed E-state index contributed by atoms with van der Waals surface area (Å²) in [5, 5.41) is 3.39. The highest BCUT2D eigenvalue weighted by atomic mass is 19.1. The summed E-state index contributed by atoms with van der Waals surface area (Å²) in [6, 6.07) is 0.0526. The summed E-state index contributed by atoms with van der Waals surface area (Å²) in [5.41, 5.74) is 0.131. The average molecular weight is 339 g/mol. The van der Waals surface area contributed by atoms with Crippen LogP contribution >= 0.6 is 0 Å². The van der Waals surface area contributed by atoms with E-state index in [4.69, 9.17) is 0 Å². The standard InChI is InChI=1S/C21H39FN2/c1-5-18(23-6-2)21(22)11-9-20(10-12-21)15-24(16-20)14-19(7-8-19)13-17(3)4/h17-18,23H,5-16H2,1-4H3. The lowest BCUT2D eigenvalue weighted by molar-refractivity contribution is -0.0816. The Morgan fingerprint density at radius 3 is 2.08 bits per heavy atom. The van der Waals surface area contributed by atoms with Gasteiger partial charge >= 0.3 is 0 Å². The van der Waals surface area contributed by atoms with E-state index in [2.05, 4.69) is 37.9 Å². The molecule has 0 aromatic carbocycles. The Morgan fingerprint density at radius 1 is 1.00 bits per heavy atom. The van der Waals surface area contributed by atoms with Crippen molar-refractivity contribution in [2.75, 3.05) is 26.2 Å². The lowest BCUT2D eigenvalue weighted by Crippen LogP contribution is -2.61. The van der Waals surface area contributed by atoms with Crippen LogP contribution in [0.25, 0.3) is 0 Å². The lowest BCUT2D eigenvalue weighted by atomic mass is 9.63. The van der Waals surface area contributed by atoms with Crippen molar-refractivity contribution in [3.8, 4) is 0 Å². The van der Waals surface area contributed by atoms with E-state index in [0.717, 1.165) is 44.6 Å². The first-order valence-corrected chi connectivity index (χ1v) is 10.5. The quantitative estimate of drug-likeness (QED) is 0.685. The van der Waals surface area contributed by atoms with Crippen molar-refractivity contribution in [3.63, 3.8) is 0 Å². The van der Waals surface area contributed by atoms with Gasteiger partial charge < -0.3 is 10.2 Å². The molecule has 0 radical (unpaired) electrons. The SMILES string of the molecule is CCNC(CC)C1(F)CCC2(CC1)CN(CC1(CC(C)C)CC1)C2. The molecule has 1 aliphatic heterocycles. The Hall–Kier alpha value is -0.150. The highest BCUT2D eigenvalue weighted by Crippen LogP contribution is 2.55. The Bertz CT molecular complexity index is 414. The molecule has 2 aliphatic carbocycles. The number of hydrogen-bond donors (Lipinski definition) is 1. The Labute approximate surface area is 148 Å². The van der Waals surface area contributed by atoms with Gasteiger partial charge in [-0.1, -0.05) is 27.7 Å². The molecule has 1 N–H and O–H groups in total. The molecule has 0 aromatic rings. The van der Waals surface area contributed by atoms with Gasteiger partial charge in [-0.25, -0.2) is 4.39 Å². The molecule has 2 nitrogen and oxygen atoms in total. The van der Waals surface area contributed by atoms with Crippen molar-refractivity contribution >= 4 is 0 Å². The van der Waals surface area contributed by atoms with E-state index in [-0.39, 0.29) is 6.04 Å². The number of hydrogen-bond acceptors (Lipinski definition) is 2. The van der Waals surface area contributed by atoms with Crippen LogP contribution in [0.5, 0.6) is 0 Å². The van der Waals surface area contributed by atoms with Gasteiger partial charge in [-0.2, -0.15) is 0 Å². The predicted octanol–water partition coefficient (Wildman–Crippen LogP) is 4.79. The molecule has 24 heavy (non-hydrogen) atoms. The molecule has 0 amide bonds. The van der Waals surface area contributed by atoms with Crippen LogP contribution in [0.15, 0.2) is 0 Å². The molecule has 2 saturated carbocycles. The number of likely N-dealkylation sites (tertiary alicyclic amines) is 1. The Kier molecular flexibility index (Phi) is 5.33. The van der Waals surface area contributed by atoms with Gasteiger partial charge in [-0.05, 0) is 74.7 Å². The van der Waals surface area contributed by atoms with Crippen LogP contribution in [-0.4, -0.2) is 42.8 Å². The molecule has 3 fully saturated rings. The topological polar surface area (TPSA) is 15.3 Å². The zero-order valence-corrected chi connectivity index (χ0v) is 16.5. The largest absolute Gasteiger partial charge is 0.311 e. The zero-order chi connectivity index (χ0) is 17.4. The minimum absolute atomic E-state index is 0.0526. The molecule has 3 rings (SSSR count). The molecular weight excluding hydrogens is 299 g/mol. The number of nitrogens with zero attached hydrogens (tertiary/aromatic N) is 1. The van der Waals surface area contributed by atoms with Crippen LogP contribution in [0.1, 0.15) is 79.1 Å². The molecule has 1 unspecified atom stereocenters. The second kappa shape index (κ2) is 6.87. The molecular formula is C21H39FN2. The summed E-state index contributed by atoms with van der Waals surface area (Å²) in [7, 11) is 0. The lowest BCUT2D eigenvalue weighted by Gasteiger charge is -2.56. The molecule has 3 aliphatic rings. The van der Waals surface area contributed by atoms with Crippen molar-refractivity contribution in [3.05, 3.63) is 0 Å². The summed E-state index contributed by atoms with van der Waals surface area (Å²) in [6.07, 6.45) is 8.89. The summed E-state index contributed by atoms with van der Waals surface area (Å²) in [4.78, 5) is 2.68. The fourth-order valence-electron chi connectivity index (χ4n) is 5.76. The molecule has 1 saturated heterocycles. The average Bonchev–Trinajstić information content (AvgIpc) is 3.24. The second-order valence-electron chi connectivity index (χ2n) is 9.80. The van der Waals surface area contributed by atoms with Crippen molar-refractivity contribution in [1.29, 1.82) is 0 Å². The number of alkyl halides is 1. The summed E-state index contributed by atoms with van der Waals surface area (Å²) in [6.45, 7) is 13.6. The van der Waals surface area contributed by atoms with Crippen molar-refractivity contribution in [2.24, 2.45) is 16.7 Å². The van der Waals surface area contributed by atoms with Crippen molar-refractivity contribution in [2.45, 2.75) is 90.8 Å². The highest BCUT2D eigenvalue weighted by Gasteiger charge is 2.53. The van der Waals surface area contributed by atoms with E-state index in [9.17, 15) is 0 Å². The van der Waals surface area contributed by atoms with Crippen LogP contribution in [-0.2, 0) is 0 Å². The van der Waals surface area contributed by atoms with E-state index in [1.54, 1.807) is 0 Å². The Morgan fingerprint density at radius 2 is 1.62 bits per heavy atom. The number of halogens is 1. The zero-order valence-electron chi connectivity index (χ0n) is 16.5. The van der Waals surface area contributed by atoms with E-state index in [1.807, 2.05) is 0 Å². The molecule has 140 valence electrons. The smallest absolute Gasteiger partial charge is 0.126 e. The van der Waals surface area contributed by atoms with Gasteiger partial charge in [0.2, 0.25) is 0 Å². The number of rotatable bonds is 8. The summed E-state index contributed by atoms with van der Waals surface area (Å²) >= 11 is 0. The van der Waals surface area contributed by atoms with E-state index in [0.29, 0.717) is 10.8 Å². The van der Waals surface area contributed by atoms with Crippen LogP contribution in [0.3, 0.4) is 0 Å². The van der Waals surface area contributed by atoms with Crippen LogP contribution < -0.4 is 5.32 Å². The highest BCUT2D eigenvalue weighted by molar-refractivity contribution is 5.07. The van der Waals surface area contributed by atoms with Gasteiger partial charge in [0.25, 0.3) is 0 Å². The van der Waals surface area contributed by atoms with Gasteiger partial charge in [0.1, 0.15) is 5.67 Å². The van der Waals surface area contributed by atoms with Crippen molar-refractivity contribution in [1.82, 2.24) is 10.2 Å². The maximum atomic E-state index is 15.4. The van der Waals surface area contributed by atoms with E-state index >= 15 is 4.39 Å². The third-order valence-electron chi connectivity index (χ3n) is 7.10.